The zero-order valence-corrected chi connectivity index (χ0v) is 20.5. The van der Waals surface area contributed by atoms with Gasteiger partial charge in [-0.1, -0.05) is 51.6 Å². The molecule has 10 heteroatoms. The van der Waals surface area contributed by atoms with Crippen LogP contribution < -0.4 is 9.47 Å². The second-order valence-corrected chi connectivity index (χ2v) is 8.89. The van der Waals surface area contributed by atoms with E-state index < -0.39 is 0 Å². The van der Waals surface area contributed by atoms with Gasteiger partial charge in [-0.05, 0) is 33.8 Å². The maximum absolute atomic E-state index is 6.20. The predicted octanol–water partition coefficient (Wildman–Crippen LogP) is 6.29. The van der Waals surface area contributed by atoms with E-state index in [0.29, 0.717) is 48.0 Å². The smallest absolute Gasteiger partial charge is 0.156 e. The van der Waals surface area contributed by atoms with Gasteiger partial charge in [0.15, 0.2) is 5.75 Å². The Hall–Kier alpha value is -0.890. The van der Waals surface area contributed by atoms with Gasteiger partial charge in [0.1, 0.15) is 29.1 Å². The highest BCUT2D eigenvalue weighted by atomic mass is 35.5. The summed E-state index contributed by atoms with van der Waals surface area (Å²) in [6, 6.07) is 3.20. The molecule has 0 heterocycles. The lowest BCUT2D eigenvalue weighted by atomic mass is 10.2. The van der Waals surface area contributed by atoms with Crippen LogP contribution in [-0.4, -0.2) is 51.0 Å². The summed E-state index contributed by atoms with van der Waals surface area (Å²) in [5, 5.41) is 4.66. The fourth-order valence-electron chi connectivity index (χ4n) is 1.84. The van der Waals surface area contributed by atoms with Crippen molar-refractivity contribution in [1.29, 1.82) is 0 Å². The molecule has 0 spiro atoms. The van der Waals surface area contributed by atoms with Gasteiger partial charge in [-0.3, -0.25) is 0 Å². The van der Waals surface area contributed by atoms with E-state index in [2.05, 4.69) is 5.16 Å². The summed E-state index contributed by atoms with van der Waals surface area (Å²) < 4.78 is 22.1. The third-order valence-electron chi connectivity index (χ3n) is 3.09. The summed E-state index contributed by atoms with van der Waals surface area (Å²) in [6.07, 6.45) is 1.50. The quantitative estimate of drug-likeness (QED) is 0.180. The molecule has 0 saturated carbocycles. The molecule has 0 saturated heterocycles. The highest BCUT2D eigenvalue weighted by molar-refractivity contribution is 6.55. The third kappa shape index (κ3) is 12.7. The van der Waals surface area contributed by atoms with Gasteiger partial charge >= 0.3 is 0 Å². The third-order valence-corrected chi connectivity index (χ3v) is 3.96. The van der Waals surface area contributed by atoms with Gasteiger partial charge in [-0.25, -0.2) is 0 Å². The summed E-state index contributed by atoms with van der Waals surface area (Å²) in [5.41, 5.74) is 0.436. The lowest BCUT2D eigenvalue weighted by molar-refractivity contribution is -0.00148. The van der Waals surface area contributed by atoms with Gasteiger partial charge in [-0.15, -0.1) is 0 Å². The fourth-order valence-corrected chi connectivity index (χ4v) is 2.54. The number of hydrogen-bond acceptors (Lipinski definition) is 6. The van der Waals surface area contributed by atoms with Gasteiger partial charge in [0, 0.05) is 12.1 Å². The Kier molecular flexibility index (Phi) is 12.9. The Morgan fingerprint density at radius 1 is 0.967 bits per heavy atom. The first kappa shape index (κ1) is 27.1. The van der Waals surface area contributed by atoms with Crippen LogP contribution >= 0.6 is 46.4 Å². The second-order valence-electron chi connectivity index (χ2n) is 7.06. The zero-order chi connectivity index (χ0) is 22.6. The number of nitrogens with zero attached hydrogens (tertiary/aromatic N) is 1. The van der Waals surface area contributed by atoms with Crippen LogP contribution in [0.4, 0.5) is 0 Å². The Morgan fingerprint density at radius 3 is 2.17 bits per heavy atom. The molecule has 0 atom stereocenters. The largest absolute Gasteiger partial charge is 0.489 e. The molecule has 0 fully saturated rings. The average molecular weight is 503 g/mol. The van der Waals surface area contributed by atoms with Crippen molar-refractivity contribution < 1.29 is 23.8 Å². The van der Waals surface area contributed by atoms with Gasteiger partial charge in [0.2, 0.25) is 0 Å². The topological polar surface area (TPSA) is 58.5 Å². The van der Waals surface area contributed by atoms with Crippen LogP contribution in [0.2, 0.25) is 10.0 Å². The van der Waals surface area contributed by atoms with Crippen molar-refractivity contribution in [2.45, 2.75) is 33.3 Å². The molecule has 170 valence electrons. The van der Waals surface area contributed by atoms with Crippen molar-refractivity contribution in [3.63, 3.8) is 0 Å². The Balaban J connectivity index is 2.24. The Labute approximate surface area is 197 Å². The molecule has 0 radical (unpaired) electrons. The molecule has 1 rings (SSSR count). The van der Waals surface area contributed by atoms with Crippen LogP contribution in [0.1, 0.15) is 27.7 Å². The van der Waals surface area contributed by atoms with E-state index in [1.807, 2.05) is 27.7 Å². The van der Waals surface area contributed by atoms with Crippen molar-refractivity contribution in [2.24, 2.45) is 5.16 Å². The van der Waals surface area contributed by atoms with Crippen LogP contribution in [-0.2, 0) is 14.3 Å². The molecule has 0 N–H and O–H groups in total. The van der Waals surface area contributed by atoms with Crippen molar-refractivity contribution in [3.8, 4) is 11.5 Å². The van der Waals surface area contributed by atoms with Crippen LogP contribution in [0.25, 0.3) is 0 Å². The number of ether oxygens (including phenoxy) is 4. The summed E-state index contributed by atoms with van der Waals surface area (Å²) >= 11 is 23.5. The van der Waals surface area contributed by atoms with Crippen molar-refractivity contribution in [2.75, 3.05) is 39.6 Å². The average Bonchev–Trinajstić information content (AvgIpc) is 2.63. The number of halogens is 4. The number of hydrogen-bond donors (Lipinski definition) is 0. The van der Waals surface area contributed by atoms with E-state index in [9.17, 15) is 0 Å². The summed E-state index contributed by atoms with van der Waals surface area (Å²) in [7, 11) is 0. The SMILES string of the molecule is CC(COCCOCCOc1c(Cl)cc(OCC=C(Cl)Cl)cc1Cl)=NOC(C)(C)C. The van der Waals surface area contributed by atoms with E-state index in [1.54, 1.807) is 12.1 Å². The van der Waals surface area contributed by atoms with Crippen molar-refractivity contribution >= 4 is 52.1 Å². The van der Waals surface area contributed by atoms with Crippen LogP contribution in [0.15, 0.2) is 27.9 Å². The standard InChI is InChI=1S/C20H27Cl4NO5/c1-14(25-30-20(2,3)4)13-27-8-7-26-9-10-29-19-16(21)11-15(12-17(19)22)28-6-5-18(23)24/h5,11-12H,6-10,13H2,1-4H3. The molecular weight excluding hydrogens is 476 g/mol. The van der Waals surface area contributed by atoms with E-state index in [0.717, 1.165) is 5.71 Å². The first-order chi connectivity index (χ1) is 14.1. The fraction of sp³-hybridized carbons (Fsp3) is 0.550. The normalized spacial score (nSPS) is 11.9. The summed E-state index contributed by atoms with van der Waals surface area (Å²) in [6.45, 7) is 9.69. The molecule has 1 aromatic rings. The minimum atomic E-state index is -0.320. The number of oxime groups is 1. The molecule has 1 aromatic carbocycles. The van der Waals surface area contributed by atoms with Crippen LogP contribution in [0.3, 0.4) is 0 Å². The first-order valence-electron chi connectivity index (χ1n) is 9.21. The number of benzene rings is 1. The predicted molar refractivity (Wildman–Crippen MR) is 123 cm³/mol. The minimum absolute atomic E-state index is 0.121. The lowest BCUT2D eigenvalue weighted by Gasteiger charge is -2.16. The molecule has 6 nitrogen and oxygen atoms in total. The lowest BCUT2D eigenvalue weighted by Crippen LogP contribution is -2.18. The van der Waals surface area contributed by atoms with Crippen LogP contribution in [0.5, 0.6) is 11.5 Å². The minimum Gasteiger partial charge on any atom is -0.489 e. The molecule has 0 aliphatic rings. The molecule has 0 amide bonds. The maximum Gasteiger partial charge on any atom is 0.156 e. The van der Waals surface area contributed by atoms with Crippen molar-refractivity contribution in [1.82, 2.24) is 0 Å². The first-order valence-corrected chi connectivity index (χ1v) is 10.7. The molecule has 30 heavy (non-hydrogen) atoms. The highest BCUT2D eigenvalue weighted by Gasteiger charge is 2.11. The second kappa shape index (κ2) is 14.2. The molecule has 0 unspecified atom stereocenters. The molecule has 0 aliphatic carbocycles. The zero-order valence-electron chi connectivity index (χ0n) is 17.5. The molecule has 0 aliphatic heterocycles. The number of rotatable bonds is 13. The van der Waals surface area contributed by atoms with Gasteiger partial charge in [0.05, 0.1) is 42.2 Å². The summed E-state index contributed by atoms with van der Waals surface area (Å²) in [5.74, 6) is 0.838. The van der Waals surface area contributed by atoms with E-state index in [4.69, 9.17) is 70.2 Å². The Morgan fingerprint density at radius 2 is 1.57 bits per heavy atom. The Bertz CT molecular complexity index is 693. The van der Waals surface area contributed by atoms with E-state index in [1.165, 1.54) is 6.08 Å². The van der Waals surface area contributed by atoms with Gasteiger partial charge < -0.3 is 23.8 Å². The maximum atomic E-state index is 6.20. The van der Waals surface area contributed by atoms with E-state index >= 15 is 0 Å². The molecule has 0 aromatic heterocycles. The molecular formula is C20H27Cl4NO5. The highest BCUT2D eigenvalue weighted by Crippen LogP contribution is 2.37. The van der Waals surface area contributed by atoms with Gasteiger partial charge in [-0.2, -0.15) is 0 Å². The van der Waals surface area contributed by atoms with E-state index in [-0.39, 0.29) is 23.3 Å². The summed E-state index contributed by atoms with van der Waals surface area (Å²) in [4.78, 5) is 5.32. The van der Waals surface area contributed by atoms with Crippen molar-refractivity contribution in [3.05, 3.63) is 32.7 Å². The van der Waals surface area contributed by atoms with Crippen LogP contribution in [0, 0.1) is 0 Å². The monoisotopic (exact) mass is 501 g/mol. The van der Waals surface area contributed by atoms with Gasteiger partial charge in [0.25, 0.3) is 0 Å². The molecule has 0 bridgehead atoms.